The van der Waals surface area contributed by atoms with Crippen LogP contribution in [0.3, 0.4) is 0 Å². The minimum absolute atomic E-state index is 0. The number of hydrogen-bond donors (Lipinski definition) is 1. The Morgan fingerprint density at radius 1 is 1.34 bits per heavy atom. The standard InChI is InChI=1S/C20H27F2N5O.HI/c1-3-23-20(24-7-9-28-17-4-5-18(21)19(22)11-17)27-8-6-15(14-27)10-16-12-25-26(2)13-16;/h4-5,11-13,15H,3,6-10,14H2,1-2H3,(H,23,24);1H. The summed E-state index contributed by atoms with van der Waals surface area (Å²) in [5.41, 5.74) is 1.26. The van der Waals surface area contributed by atoms with E-state index in [-0.39, 0.29) is 24.0 Å². The Hall–Kier alpha value is -1.91. The average molecular weight is 519 g/mol. The van der Waals surface area contributed by atoms with E-state index in [1.165, 1.54) is 11.6 Å². The monoisotopic (exact) mass is 519 g/mol. The normalized spacial score (nSPS) is 16.6. The Labute approximate surface area is 187 Å². The van der Waals surface area contributed by atoms with Gasteiger partial charge in [-0.2, -0.15) is 5.10 Å². The van der Waals surface area contributed by atoms with Gasteiger partial charge in [0.1, 0.15) is 12.4 Å². The molecular weight excluding hydrogens is 491 g/mol. The van der Waals surface area contributed by atoms with Crippen molar-refractivity contribution in [1.29, 1.82) is 0 Å². The van der Waals surface area contributed by atoms with E-state index >= 15 is 0 Å². The van der Waals surface area contributed by atoms with Gasteiger partial charge in [0.05, 0.1) is 12.7 Å². The molecule has 1 aliphatic heterocycles. The Balaban J connectivity index is 0.00000300. The van der Waals surface area contributed by atoms with Crippen molar-refractivity contribution < 1.29 is 13.5 Å². The van der Waals surface area contributed by atoms with Crippen LogP contribution in [0, 0.1) is 17.6 Å². The summed E-state index contributed by atoms with van der Waals surface area (Å²) in [5.74, 6) is -0.0471. The first kappa shape index (κ1) is 23.4. The fraction of sp³-hybridized carbons (Fsp3) is 0.500. The van der Waals surface area contributed by atoms with Gasteiger partial charge in [-0.15, -0.1) is 24.0 Å². The predicted octanol–water partition coefficient (Wildman–Crippen LogP) is 3.23. The lowest BCUT2D eigenvalue weighted by Crippen LogP contribution is -2.40. The highest BCUT2D eigenvalue weighted by Gasteiger charge is 2.25. The van der Waals surface area contributed by atoms with E-state index in [9.17, 15) is 8.78 Å². The van der Waals surface area contributed by atoms with Gasteiger partial charge in [0.2, 0.25) is 0 Å². The van der Waals surface area contributed by atoms with Crippen molar-refractivity contribution in [2.24, 2.45) is 18.0 Å². The fourth-order valence-electron chi connectivity index (χ4n) is 3.41. The third-order valence-electron chi connectivity index (χ3n) is 4.72. The Morgan fingerprint density at radius 3 is 2.86 bits per heavy atom. The number of aliphatic imine (C=N–C) groups is 1. The molecule has 1 aliphatic rings. The maximum Gasteiger partial charge on any atom is 0.194 e. The molecule has 1 aromatic heterocycles. The van der Waals surface area contributed by atoms with Crippen molar-refractivity contribution >= 4 is 29.9 Å². The molecule has 2 heterocycles. The summed E-state index contributed by atoms with van der Waals surface area (Å²) in [5, 5.41) is 7.56. The SMILES string of the molecule is CCNC(=NCCOc1ccc(F)c(F)c1)N1CCC(Cc2cnn(C)c2)C1.I. The third kappa shape index (κ3) is 6.83. The van der Waals surface area contributed by atoms with Crippen molar-refractivity contribution in [3.05, 3.63) is 47.8 Å². The molecule has 0 saturated carbocycles. The molecule has 1 N–H and O–H groups in total. The molecule has 6 nitrogen and oxygen atoms in total. The van der Waals surface area contributed by atoms with Gasteiger partial charge in [-0.3, -0.25) is 4.68 Å². The smallest absolute Gasteiger partial charge is 0.194 e. The molecular formula is C20H28F2IN5O. The molecule has 1 aromatic carbocycles. The first-order valence-corrected chi connectivity index (χ1v) is 9.63. The first-order chi connectivity index (χ1) is 13.5. The minimum atomic E-state index is -0.911. The molecule has 1 fully saturated rings. The van der Waals surface area contributed by atoms with Crippen molar-refractivity contribution in [3.8, 4) is 5.75 Å². The summed E-state index contributed by atoms with van der Waals surface area (Å²) in [4.78, 5) is 6.88. The van der Waals surface area contributed by atoms with Crippen LogP contribution in [0.4, 0.5) is 8.78 Å². The van der Waals surface area contributed by atoms with Gasteiger partial charge in [0.25, 0.3) is 0 Å². The molecule has 0 amide bonds. The third-order valence-corrected chi connectivity index (χ3v) is 4.72. The van der Waals surface area contributed by atoms with Gasteiger partial charge in [-0.25, -0.2) is 13.8 Å². The Bertz CT molecular complexity index is 814. The van der Waals surface area contributed by atoms with Crippen LogP contribution in [0.2, 0.25) is 0 Å². The summed E-state index contributed by atoms with van der Waals surface area (Å²) in [7, 11) is 1.93. The second-order valence-electron chi connectivity index (χ2n) is 6.99. The van der Waals surface area contributed by atoms with E-state index in [4.69, 9.17) is 4.74 Å². The molecule has 160 valence electrons. The number of likely N-dealkylation sites (tertiary alicyclic amines) is 1. The number of ether oxygens (including phenoxy) is 1. The van der Waals surface area contributed by atoms with Crippen LogP contribution in [0.5, 0.6) is 5.75 Å². The van der Waals surface area contributed by atoms with E-state index < -0.39 is 11.6 Å². The lowest BCUT2D eigenvalue weighted by molar-refractivity contribution is 0.324. The molecule has 9 heteroatoms. The van der Waals surface area contributed by atoms with Crippen LogP contribution in [0.25, 0.3) is 0 Å². The number of aryl methyl sites for hydroxylation is 1. The lowest BCUT2D eigenvalue weighted by atomic mass is 10.0. The zero-order chi connectivity index (χ0) is 19.9. The number of rotatable bonds is 7. The van der Waals surface area contributed by atoms with E-state index in [1.54, 1.807) is 0 Å². The van der Waals surface area contributed by atoms with Crippen molar-refractivity contribution in [2.45, 2.75) is 19.8 Å². The molecule has 0 radical (unpaired) electrons. The van der Waals surface area contributed by atoms with Gasteiger partial charge < -0.3 is 15.0 Å². The topological polar surface area (TPSA) is 54.7 Å². The molecule has 29 heavy (non-hydrogen) atoms. The van der Waals surface area contributed by atoms with Crippen LogP contribution < -0.4 is 10.1 Å². The average Bonchev–Trinajstić information content (AvgIpc) is 3.30. The summed E-state index contributed by atoms with van der Waals surface area (Å²) < 4.78 is 33.5. The van der Waals surface area contributed by atoms with E-state index in [0.717, 1.165) is 50.6 Å². The first-order valence-electron chi connectivity index (χ1n) is 9.63. The maximum absolute atomic E-state index is 13.2. The number of hydrogen-bond acceptors (Lipinski definition) is 3. The van der Waals surface area contributed by atoms with Crippen molar-refractivity contribution in [2.75, 3.05) is 32.8 Å². The number of nitrogens with zero attached hydrogens (tertiary/aromatic N) is 4. The molecule has 3 rings (SSSR count). The van der Waals surface area contributed by atoms with Crippen molar-refractivity contribution in [3.63, 3.8) is 0 Å². The quantitative estimate of drug-likeness (QED) is 0.264. The molecule has 1 saturated heterocycles. The van der Waals surface area contributed by atoms with E-state index in [0.29, 0.717) is 24.8 Å². The minimum Gasteiger partial charge on any atom is -0.492 e. The highest BCUT2D eigenvalue weighted by Crippen LogP contribution is 2.21. The lowest BCUT2D eigenvalue weighted by Gasteiger charge is -2.21. The van der Waals surface area contributed by atoms with Gasteiger partial charge in [-0.1, -0.05) is 0 Å². The summed E-state index contributed by atoms with van der Waals surface area (Å²) in [6.45, 7) is 5.46. The number of aromatic nitrogens is 2. The summed E-state index contributed by atoms with van der Waals surface area (Å²) in [6, 6.07) is 3.52. The molecule has 0 spiro atoms. The van der Waals surface area contributed by atoms with Crippen LogP contribution in [0.15, 0.2) is 35.6 Å². The zero-order valence-electron chi connectivity index (χ0n) is 16.8. The second-order valence-corrected chi connectivity index (χ2v) is 6.99. The van der Waals surface area contributed by atoms with Gasteiger partial charge in [0.15, 0.2) is 17.6 Å². The zero-order valence-corrected chi connectivity index (χ0v) is 19.1. The van der Waals surface area contributed by atoms with Gasteiger partial charge >= 0.3 is 0 Å². The molecule has 0 bridgehead atoms. The Kier molecular flexibility index (Phi) is 9.12. The van der Waals surface area contributed by atoms with Crippen LogP contribution >= 0.6 is 24.0 Å². The highest BCUT2D eigenvalue weighted by atomic mass is 127. The molecule has 1 atom stereocenters. The number of benzene rings is 1. The van der Waals surface area contributed by atoms with Gasteiger partial charge in [0, 0.05) is 38.9 Å². The second kappa shape index (κ2) is 11.3. The Morgan fingerprint density at radius 2 is 2.17 bits per heavy atom. The molecule has 1 unspecified atom stereocenters. The fourth-order valence-corrected chi connectivity index (χ4v) is 3.41. The van der Waals surface area contributed by atoms with Crippen molar-refractivity contribution in [1.82, 2.24) is 20.0 Å². The van der Waals surface area contributed by atoms with Gasteiger partial charge in [-0.05, 0) is 43.4 Å². The van der Waals surface area contributed by atoms with E-state index in [1.807, 2.05) is 24.9 Å². The molecule has 0 aliphatic carbocycles. The largest absolute Gasteiger partial charge is 0.492 e. The summed E-state index contributed by atoms with van der Waals surface area (Å²) in [6.07, 6.45) is 6.13. The van der Waals surface area contributed by atoms with Crippen LogP contribution in [0.1, 0.15) is 18.9 Å². The maximum atomic E-state index is 13.2. The van der Waals surface area contributed by atoms with Crippen LogP contribution in [-0.4, -0.2) is 53.4 Å². The number of nitrogens with one attached hydrogen (secondary N) is 1. The number of guanidine groups is 1. The summed E-state index contributed by atoms with van der Waals surface area (Å²) >= 11 is 0. The highest BCUT2D eigenvalue weighted by molar-refractivity contribution is 14.0. The van der Waals surface area contributed by atoms with Crippen LogP contribution in [-0.2, 0) is 13.5 Å². The molecule has 2 aromatic rings. The predicted molar refractivity (Wildman–Crippen MR) is 120 cm³/mol. The number of halogens is 3. The van der Waals surface area contributed by atoms with E-state index in [2.05, 4.69) is 26.5 Å².